The molecule has 0 bridgehead atoms. The maximum Gasteiger partial charge on any atom is 0.243 e. The fourth-order valence-corrected chi connectivity index (χ4v) is 5.03. The van der Waals surface area contributed by atoms with E-state index >= 15 is 0 Å². The van der Waals surface area contributed by atoms with Gasteiger partial charge in [0.1, 0.15) is 0 Å². The van der Waals surface area contributed by atoms with Crippen LogP contribution in [0, 0.1) is 0 Å². The van der Waals surface area contributed by atoms with Gasteiger partial charge in [0.15, 0.2) is 0 Å². The molecule has 0 saturated carbocycles. The summed E-state index contributed by atoms with van der Waals surface area (Å²) in [7, 11) is -7.35. The Morgan fingerprint density at radius 2 is 1.73 bits per heavy atom. The van der Waals surface area contributed by atoms with Crippen molar-refractivity contribution in [2.45, 2.75) is 29.1 Å². The monoisotopic (exact) mass is 347 g/mol. The fraction of sp³-hybridized carbons (Fsp3) is 0.538. The van der Waals surface area contributed by atoms with Crippen LogP contribution < -0.4 is 10.5 Å². The molecule has 0 atom stereocenters. The minimum Gasteiger partial charge on any atom is -0.330 e. The minimum atomic E-state index is -3.73. The maximum atomic E-state index is 12.5. The molecule has 9 heteroatoms. The first-order chi connectivity index (χ1) is 10.4. The average Bonchev–Trinajstić information content (AvgIpc) is 3.02. The Morgan fingerprint density at radius 3 is 2.36 bits per heavy atom. The predicted octanol–water partition coefficient (Wildman–Crippen LogP) is 0.0982. The SMILES string of the molecule is NCCCNS(=O)(=O)c1cccc(S(=O)(=O)N2CCCC2)c1. The molecule has 1 fully saturated rings. The molecule has 2 rings (SSSR count). The van der Waals surface area contributed by atoms with E-state index in [0.29, 0.717) is 26.1 Å². The average molecular weight is 347 g/mol. The largest absolute Gasteiger partial charge is 0.330 e. The zero-order chi connectivity index (χ0) is 16.2. The van der Waals surface area contributed by atoms with Gasteiger partial charge < -0.3 is 5.73 Å². The Bertz CT molecular complexity index is 711. The minimum absolute atomic E-state index is 0.0103. The van der Waals surface area contributed by atoms with E-state index in [1.54, 1.807) is 0 Å². The summed E-state index contributed by atoms with van der Waals surface area (Å²) < 4.78 is 53.0. The summed E-state index contributed by atoms with van der Waals surface area (Å²) in [5, 5.41) is 0. The van der Waals surface area contributed by atoms with Crippen molar-refractivity contribution in [3.8, 4) is 0 Å². The molecule has 3 N–H and O–H groups in total. The van der Waals surface area contributed by atoms with Gasteiger partial charge in [-0.2, -0.15) is 4.31 Å². The summed E-state index contributed by atoms with van der Waals surface area (Å²) in [5.74, 6) is 0. The van der Waals surface area contributed by atoms with Crippen LogP contribution in [0.1, 0.15) is 19.3 Å². The zero-order valence-corrected chi connectivity index (χ0v) is 13.9. The molecule has 1 heterocycles. The van der Waals surface area contributed by atoms with Crippen LogP contribution in [0.2, 0.25) is 0 Å². The molecule has 22 heavy (non-hydrogen) atoms. The van der Waals surface area contributed by atoms with Crippen LogP contribution in [-0.4, -0.2) is 47.3 Å². The highest BCUT2D eigenvalue weighted by molar-refractivity contribution is 7.90. The van der Waals surface area contributed by atoms with E-state index in [0.717, 1.165) is 12.8 Å². The molecular weight excluding hydrogens is 326 g/mol. The lowest BCUT2D eigenvalue weighted by atomic mass is 10.4. The first-order valence-electron chi connectivity index (χ1n) is 7.18. The Balaban J connectivity index is 2.26. The van der Waals surface area contributed by atoms with E-state index in [-0.39, 0.29) is 16.3 Å². The normalized spacial score (nSPS) is 17.0. The molecule has 0 aliphatic carbocycles. The summed E-state index contributed by atoms with van der Waals surface area (Å²) in [6, 6.07) is 5.46. The lowest BCUT2D eigenvalue weighted by molar-refractivity contribution is 0.477. The molecule has 0 spiro atoms. The smallest absolute Gasteiger partial charge is 0.243 e. The van der Waals surface area contributed by atoms with E-state index in [2.05, 4.69) is 4.72 Å². The van der Waals surface area contributed by atoms with Crippen molar-refractivity contribution < 1.29 is 16.8 Å². The third-order valence-electron chi connectivity index (χ3n) is 3.49. The van der Waals surface area contributed by atoms with Crippen LogP contribution in [0.25, 0.3) is 0 Å². The molecular formula is C13H21N3O4S2. The quantitative estimate of drug-likeness (QED) is 0.680. The number of sulfonamides is 2. The second-order valence-corrected chi connectivity index (χ2v) is 8.83. The van der Waals surface area contributed by atoms with E-state index in [1.165, 1.54) is 28.6 Å². The van der Waals surface area contributed by atoms with Gasteiger partial charge in [-0.1, -0.05) is 6.07 Å². The van der Waals surface area contributed by atoms with Crippen molar-refractivity contribution >= 4 is 20.0 Å². The van der Waals surface area contributed by atoms with Crippen molar-refractivity contribution in [2.24, 2.45) is 5.73 Å². The number of rotatable bonds is 7. The standard InChI is InChI=1S/C13H21N3O4S2/c14-7-4-8-15-21(17,18)12-5-3-6-13(11-12)22(19,20)16-9-1-2-10-16/h3,5-6,11,15H,1-2,4,7-10,14H2. The number of hydrogen-bond acceptors (Lipinski definition) is 5. The van der Waals surface area contributed by atoms with Gasteiger partial charge in [-0.3, -0.25) is 0 Å². The van der Waals surface area contributed by atoms with Gasteiger partial charge in [-0.25, -0.2) is 21.6 Å². The Morgan fingerprint density at radius 1 is 1.09 bits per heavy atom. The lowest BCUT2D eigenvalue weighted by Crippen LogP contribution is -2.29. The van der Waals surface area contributed by atoms with Gasteiger partial charge >= 0.3 is 0 Å². The maximum absolute atomic E-state index is 12.5. The van der Waals surface area contributed by atoms with Crippen LogP contribution in [0.4, 0.5) is 0 Å². The lowest BCUT2D eigenvalue weighted by Gasteiger charge is -2.16. The molecule has 7 nitrogen and oxygen atoms in total. The molecule has 0 radical (unpaired) electrons. The highest BCUT2D eigenvalue weighted by Gasteiger charge is 2.28. The molecule has 1 aromatic carbocycles. The number of nitrogens with zero attached hydrogens (tertiary/aromatic N) is 1. The van der Waals surface area contributed by atoms with Crippen LogP contribution in [0.5, 0.6) is 0 Å². The predicted molar refractivity (Wildman–Crippen MR) is 83.3 cm³/mol. The highest BCUT2D eigenvalue weighted by Crippen LogP contribution is 2.22. The van der Waals surface area contributed by atoms with E-state index in [4.69, 9.17) is 5.73 Å². The van der Waals surface area contributed by atoms with Crippen LogP contribution in [0.15, 0.2) is 34.1 Å². The molecule has 1 aliphatic heterocycles. The Kier molecular flexibility index (Phi) is 5.56. The summed E-state index contributed by atoms with van der Waals surface area (Å²) >= 11 is 0. The van der Waals surface area contributed by atoms with E-state index < -0.39 is 20.0 Å². The summed E-state index contributed by atoms with van der Waals surface area (Å²) in [4.78, 5) is -0.0408. The van der Waals surface area contributed by atoms with E-state index in [1.807, 2.05) is 0 Å². The number of benzene rings is 1. The van der Waals surface area contributed by atoms with Crippen molar-refractivity contribution in [1.29, 1.82) is 0 Å². The molecule has 0 unspecified atom stereocenters. The molecule has 1 aromatic rings. The fourth-order valence-electron chi connectivity index (χ4n) is 2.27. The third-order valence-corrected chi connectivity index (χ3v) is 6.84. The van der Waals surface area contributed by atoms with Gasteiger partial charge in [0, 0.05) is 19.6 Å². The molecule has 0 amide bonds. The molecule has 1 aliphatic rings. The number of nitrogens with two attached hydrogens (primary N) is 1. The number of hydrogen-bond donors (Lipinski definition) is 2. The van der Waals surface area contributed by atoms with Gasteiger partial charge in [-0.15, -0.1) is 0 Å². The first kappa shape index (κ1) is 17.4. The Hall–Kier alpha value is -1.00. The van der Waals surface area contributed by atoms with Gasteiger partial charge in [0.05, 0.1) is 9.79 Å². The Labute approximate surface area is 131 Å². The summed E-state index contributed by atoms with van der Waals surface area (Å²) in [6.07, 6.45) is 2.18. The van der Waals surface area contributed by atoms with Gasteiger partial charge in [-0.05, 0) is 44.0 Å². The molecule has 1 saturated heterocycles. The van der Waals surface area contributed by atoms with Crippen molar-refractivity contribution in [3.63, 3.8) is 0 Å². The third kappa shape index (κ3) is 3.85. The van der Waals surface area contributed by atoms with Crippen LogP contribution in [-0.2, 0) is 20.0 Å². The summed E-state index contributed by atoms with van der Waals surface area (Å²) in [5.41, 5.74) is 5.33. The topological polar surface area (TPSA) is 110 Å². The first-order valence-corrected chi connectivity index (χ1v) is 10.1. The van der Waals surface area contributed by atoms with Gasteiger partial charge in [0.25, 0.3) is 0 Å². The second kappa shape index (κ2) is 7.05. The van der Waals surface area contributed by atoms with Crippen molar-refractivity contribution in [1.82, 2.24) is 9.03 Å². The second-order valence-electron chi connectivity index (χ2n) is 5.13. The van der Waals surface area contributed by atoms with E-state index in [9.17, 15) is 16.8 Å². The van der Waals surface area contributed by atoms with Crippen molar-refractivity contribution in [2.75, 3.05) is 26.2 Å². The number of nitrogens with one attached hydrogen (secondary N) is 1. The summed E-state index contributed by atoms with van der Waals surface area (Å²) in [6.45, 7) is 1.57. The molecule has 0 aromatic heterocycles. The van der Waals surface area contributed by atoms with Crippen LogP contribution >= 0.6 is 0 Å². The molecule has 124 valence electrons. The van der Waals surface area contributed by atoms with Crippen LogP contribution in [0.3, 0.4) is 0 Å². The van der Waals surface area contributed by atoms with Crippen molar-refractivity contribution in [3.05, 3.63) is 24.3 Å². The van der Waals surface area contributed by atoms with Gasteiger partial charge in [0.2, 0.25) is 20.0 Å². The highest BCUT2D eigenvalue weighted by atomic mass is 32.2. The zero-order valence-electron chi connectivity index (χ0n) is 12.2.